The summed E-state index contributed by atoms with van der Waals surface area (Å²) in [7, 11) is -3.13. The number of aliphatic imine (C=N–C) groups is 1. The molecular formula is C16H27IN4O2S. The average molecular weight is 466 g/mol. The second-order valence-corrected chi connectivity index (χ2v) is 7.82. The molecule has 0 fully saturated rings. The number of nitrogens with two attached hydrogens (primary N) is 1. The Morgan fingerprint density at radius 1 is 1.33 bits per heavy atom. The fourth-order valence-corrected chi connectivity index (χ4v) is 3.77. The number of aryl methyl sites for hydroxylation is 2. The van der Waals surface area contributed by atoms with Crippen LogP contribution in [0.4, 0.5) is 5.69 Å². The highest BCUT2D eigenvalue weighted by Gasteiger charge is 2.13. The van der Waals surface area contributed by atoms with Crippen molar-refractivity contribution in [3.8, 4) is 0 Å². The van der Waals surface area contributed by atoms with Crippen LogP contribution in [0, 0.1) is 0 Å². The Labute approximate surface area is 162 Å². The number of benzene rings is 1. The van der Waals surface area contributed by atoms with Crippen LogP contribution in [0.15, 0.2) is 23.2 Å². The highest BCUT2D eigenvalue weighted by molar-refractivity contribution is 14.0. The second kappa shape index (κ2) is 9.57. The van der Waals surface area contributed by atoms with E-state index in [2.05, 4.69) is 22.4 Å². The van der Waals surface area contributed by atoms with Gasteiger partial charge in [-0.25, -0.2) is 12.7 Å². The Hall–Kier alpha value is -0.870. The molecule has 0 aromatic heterocycles. The molecule has 0 spiro atoms. The monoisotopic (exact) mass is 466 g/mol. The van der Waals surface area contributed by atoms with E-state index in [1.165, 1.54) is 28.1 Å². The molecule has 0 aliphatic heterocycles. The standard InChI is InChI=1S/C16H26N4O2S.HI/c1-3-20(23(2,21)22)11-5-10-18-16(17)19-15-9-8-13-6-4-7-14(13)12-15;/h8-9,12H,3-7,10-11H2,1-2H3,(H3,17,18,19);1H. The van der Waals surface area contributed by atoms with Crippen LogP contribution < -0.4 is 11.1 Å². The molecule has 6 nitrogen and oxygen atoms in total. The number of fused-ring (bicyclic) bond motifs is 1. The van der Waals surface area contributed by atoms with Crippen molar-refractivity contribution in [3.05, 3.63) is 29.3 Å². The van der Waals surface area contributed by atoms with Crippen molar-refractivity contribution in [1.82, 2.24) is 4.31 Å². The fraction of sp³-hybridized carbons (Fsp3) is 0.562. The summed E-state index contributed by atoms with van der Waals surface area (Å²) < 4.78 is 24.4. The Morgan fingerprint density at radius 2 is 2.04 bits per heavy atom. The number of halogens is 1. The van der Waals surface area contributed by atoms with Crippen LogP contribution in [0.1, 0.15) is 30.9 Å². The molecule has 0 bridgehead atoms. The van der Waals surface area contributed by atoms with Gasteiger partial charge in [0.2, 0.25) is 10.0 Å². The smallest absolute Gasteiger partial charge is 0.211 e. The lowest BCUT2D eigenvalue weighted by molar-refractivity contribution is 0.427. The molecule has 24 heavy (non-hydrogen) atoms. The predicted octanol–water partition coefficient (Wildman–Crippen LogP) is 2.19. The van der Waals surface area contributed by atoms with E-state index in [0.717, 1.165) is 18.5 Å². The third-order valence-corrected chi connectivity index (χ3v) is 5.42. The quantitative estimate of drug-likeness (QED) is 0.279. The zero-order valence-electron chi connectivity index (χ0n) is 14.3. The molecule has 3 N–H and O–H groups in total. The summed E-state index contributed by atoms with van der Waals surface area (Å²) >= 11 is 0. The molecule has 0 heterocycles. The minimum Gasteiger partial charge on any atom is -0.370 e. The van der Waals surface area contributed by atoms with Crippen molar-refractivity contribution in [2.24, 2.45) is 10.7 Å². The molecule has 0 saturated carbocycles. The molecule has 0 saturated heterocycles. The molecule has 1 aliphatic carbocycles. The van der Waals surface area contributed by atoms with Gasteiger partial charge in [0.15, 0.2) is 5.96 Å². The number of hydrogen-bond donors (Lipinski definition) is 2. The molecule has 0 atom stereocenters. The van der Waals surface area contributed by atoms with Gasteiger partial charge in [-0.05, 0) is 48.9 Å². The first kappa shape index (κ1) is 21.2. The summed E-state index contributed by atoms with van der Waals surface area (Å²) in [5.41, 5.74) is 9.66. The lowest BCUT2D eigenvalue weighted by Crippen LogP contribution is -2.31. The summed E-state index contributed by atoms with van der Waals surface area (Å²) in [5, 5.41) is 3.10. The first-order chi connectivity index (χ1) is 10.9. The van der Waals surface area contributed by atoms with E-state index in [-0.39, 0.29) is 24.0 Å². The van der Waals surface area contributed by atoms with Gasteiger partial charge in [-0.15, -0.1) is 24.0 Å². The van der Waals surface area contributed by atoms with Gasteiger partial charge in [0.1, 0.15) is 0 Å². The van der Waals surface area contributed by atoms with Gasteiger partial charge < -0.3 is 11.1 Å². The van der Waals surface area contributed by atoms with E-state index in [4.69, 9.17) is 5.73 Å². The SMILES string of the molecule is CCN(CCCN=C(N)Nc1ccc2c(c1)CCC2)S(C)(=O)=O.I. The van der Waals surface area contributed by atoms with E-state index < -0.39 is 10.0 Å². The fourth-order valence-electron chi connectivity index (χ4n) is 2.84. The summed E-state index contributed by atoms with van der Waals surface area (Å²) in [4.78, 5) is 4.26. The third kappa shape index (κ3) is 6.21. The Balaban J connectivity index is 0.00000288. The van der Waals surface area contributed by atoms with E-state index in [1.807, 2.05) is 13.0 Å². The summed E-state index contributed by atoms with van der Waals surface area (Å²) in [6.07, 6.45) is 5.38. The summed E-state index contributed by atoms with van der Waals surface area (Å²) in [5.74, 6) is 0.366. The Kier molecular flexibility index (Phi) is 8.44. The second-order valence-electron chi connectivity index (χ2n) is 5.84. The van der Waals surface area contributed by atoms with Crippen molar-refractivity contribution in [1.29, 1.82) is 0 Å². The highest BCUT2D eigenvalue weighted by atomic mass is 127. The van der Waals surface area contributed by atoms with Crippen molar-refractivity contribution in [3.63, 3.8) is 0 Å². The lowest BCUT2D eigenvalue weighted by Gasteiger charge is -2.16. The van der Waals surface area contributed by atoms with Crippen molar-refractivity contribution >= 4 is 45.6 Å². The zero-order chi connectivity index (χ0) is 16.9. The van der Waals surface area contributed by atoms with Gasteiger partial charge in [-0.2, -0.15) is 0 Å². The number of guanidine groups is 1. The average Bonchev–Trinajstić information content (AvgIpc) is 2.93. The van der Waals surface area contributed by atoms with Crippen molar-refractivity contribution in [2.45, 2.75) is 32.6 Å². The van der Waals surface area contributed by atoms with E-state index >= 15 is 0 Å². The molecule has 1 aliphatic rings. The van der Waals surface area contributed by atoms with E-state index in [1.54, 1.807) is 0 Å². The van der Waals surface area contributed by atoms with Crippen LogP contribution in [0.5, 0.6) is 0 Å². The molecule has 1 aromatic carbocycles. The number of rotatable bonds is 7. The first-order valence-corrected chi connectivity index (χ1v) is 9.89. The molecular weight excluding hydrogens is 439 g/mol. The highest BCUT2D eigenvalue weighted by Crippen LogP contribution is 2.24. The van der Waals surface area contributed by atoms with Crippen LogP contribution in [0.3, 0.4) is 0 Å². The van der Waals surface area contributed by atoms with Crippen LogP contribution in [-0.4, -0.2) is 44.6 Å². The number of anilines is 1. The largest absolute Gasteiger partial charge is 0.370 e. The number of nitrogens with zero attached hydrogens (tertiary/aromatic N) is 2. The maximum absolute atomic E-state index is 11.5. The molecule has 2 rings (SSSR count). The van der Waals surface area contributed by atoms with Gasteiger partial charge in [-0.1, -0.05) is 13.0 Å². The molecule has 8 heteroatoms. The van der Waals surface area contributed by atoms with Gasteiger partial charge in [0, 0.05) is 25.3 Å². The van der Waals surface area contributed by atoms with Crippen LogP contribution in [0.2, 0.25) is 0 Å². The van der Waals surface area contributed by atoms with Gasteiger partial charge in [0.25, 0.3) is 0 Å². The molecule has 136 valence electrons. The number of sulfonamides is 1. The van der Waals surface area contributed by atoms with E-state index in [0.29, 0.717) is 32.0 Å². The van der Waals surface area contributed by atoms with Crippen molar-refractivity contribution < 1.29 is 8.42 Å². The molecule has 0 amide bonds. The summed E-state index contributed by atoms with van der Waals surface area (Å²) in [6.45, 7) is 3.26. The van der Waals surface area contributed by atoms with E-state index in [9.17, 15) is 8.42 Å². The van der Waals surface area contributed by atoms with Crippen LogP contribution in [-0.2, 0) is 22.9 Å². The first-order valence-electron chi connectivity index (χ1n) is 8.04. The zero-order valence-corrected chi connectivity index (χ0v) is 17.4. The molecule has 0 radical (unpaired) electrons. The lowest BCUT2D eigenvalue weighted by atomic mass is 10.1. The predicted molar refractivity (Wildman–Crippen MR) is 111 cm³/mol. The summed E-state index contributed by atoms with van der Waals surface area (Å²) in [6, 6.07) is 6.30. The maximum Gasteiger partial charge on any atom is 0.211 e. The van der Waals surface area contributed by atoms with Gasteiger partial charge in [-0.3, -0.25) is 4.99 Å². The Morgan fingerprint density at radius 3 is 2.71 bits per heavy atom. The number of hydrogen-bond acceptors (Lipinski definition) is 3. The maximum atomic E-state index is 11.5. The third-order valence-electron chi connectivity index (χ3n) is 4.04. The molecule has 1 aromatic rings. The Bertz CT molecular complexity index is 677. The molecule has 0 unspecified atom stereocenters. The van der Waals surface area contributed by atoms with Crippen molar-refractivity contribution in [2.75, 3.05) is 31.2 Å². The van der Waals surface area contributed by atoms with Crippen LogP contribution >= 0.6 is 24.0 Å². The minimum atomic E-state index is -3.13. The topological polar surface area (TPSA) is 87.8 Å². The van der Waals surface area contributed by atoms with Gasteiger partial charge in [0.05, 0.1) is 6.26 Å². The number of nitrogens with one attached hydrogen (secondary N) is 1. The normalized spacial score (nSPS) is 14.4. The minimum absolute atomic E-state index is 0. The van der Waals surface area contributed by atoms with Crippen LogP contribution in [0.25, 0.3) is 0 Å². The van der Waals surface area contributed by atoms with Gasteiger partial charge >= 0.3 is 0 Å².